The molecule has 0 aliphatic heterocycles. The first-order valence-corrected chi connectivity index (χ1v) is 11.8. The van der Waals surface area contributed by atoms with E-state index in [4.69, 9.17) is 16.3 Å². The van der Waals surface area contributed by atoms with Crippen LogP contribution in [0.1, 0.15) is 5.56 Å². The molecule has 0 unspecified atom stereocenters. The van der Waals surface area contributed by atoms with E-state index < -0.39 is 8.07 Å². The number of aromatic nitrogens is 3. The van der Waals surface area contributed by atoms with Crippen LogP contribution in [0.3, 0.4) is 0 Å². The Labute approximate surface area is 133 Å². The van der Waals surface area contributed by atoms with E-state index in [1.807, 2.05) is 4.68 Å². The van der Waals surface area contributed by atoms with Crippen LogP contribution in [-0.2, 0) is 16.8 Å². The smallest absolute Gasteiger partial charge is 0.140 e. The second-order valence-corrected chi connectivity index (χ2v) is 12.5. The van der Waals surface area contributed by atoms with E-state index >= 15 is 0 Å². The van der Waals surface area contributed by atoms with Crippen molar-refractivity contribution < 1.29 is 4.74 Å². The van der Waals surface area contributed by atoms with Gasteiger partial charge in [-0.3, -0.25) is 0 Å². The van der Waals surface area contributed by atoms with Gasteiger partial charge in [-0.2, -0.15) is 5.10 Å². The largest absolute Gasteiger partial charge is 0.360 e. The van der Waals surface area contributed by atoms with Crippen LogP contribution in [-0.4, -0.2) is 29.4 Å². The van der Waals surface area contributed by atoms with Crippen molar-refractivity contribution in [1.29, 1.82) is 0 Å². The molecule has 0 aliphatic carbocycles. The Bertz CT molecular complexity index is 597. The summed E-state index contributed by atoms with van der Waals surface area (Å²) in [7, 11) is -1.05. The molecule has 0 spiro atoms. The van der Waals surface area contributed by atoms with Gasteiger partial charge in [-0.25, -0.2) is 9.67 Å². The molecule has 2 aromatic heterocycles. The van der Waals surface area contributed by atoms with E-state index in [1.165, 1.54) is 0 Å². The van der Waals surface area contributed by atoms with Gasteiger partial charge in [0.25, 0.3) is 0 Å². The van der Waals surface area contributed by atoms with Crippen LogP contribution in [0.15, 0.2) is 12.4 Å². The van der Waals surface area contributed by atoms with Gasteiger partial charge in [0.15, 0.2) is 0 Å². The Morgan fingerprint density at radius 1 is 1.35 bits per heavy atom. The fourth-order valence-corrected chi connectivity index (χ4v) is 3.22. The summed E-state index contributed by atoms with van der Waals surface area (Å²) in [6, 6.07) is 1.15. The maximum Gasteiger partial charge on any atom is 0.140 e. The minimum atomic E-state index is -1.05. The van der Waals surface area contributed by atoms with Gasteiger partial charge in [0, 0.05) is 31.8 Å². The summed E-state index contributed by atoms with van der Waals surface area (Å²) in [4.78, 5) is 4.17. The highest BCUT2D eigenvalue weighted by Gasteiger charge is 2.14. The molecule has 0 atom stereocenters. The van der Waals surface area contributed by atoms with Crippen molar-refractivity contribution in [3.63, 3.8) is 0 Å². The highest BCUT2D eigenvalue weighted by molar-refractivity contribution is 9.08. The molecule has 2 rings (SSSR count). The van der Waals surface area contributed by atoms with Crippen LogP contribution in [0.2, 0.25) is 30.8 Å². The van der Waals surface area contributed by atoms with Gasteiger partial charge in [0.1, 0.15) is 11.9 Å². The zero-order chi connectivity index (χ0) is 14.8. The third kappa shape index (κ3) is 3.81. The van der Waals surface area contributed by atoms with Crippen LogP contribution in [0.25, 0.3) is 10.9 Å². The van der Waals surface area contributed by atoms with Crippen molar-refractivity contribution in [3.05, 3.63) is 23.1 Å². The first-order chi connectivity index (χ1) is 9.42. The van der Waals surface area contributed by atoms with Gasteiger partial charge in [-0.1, -0.05) is 47.2 Å². The number of hydrogen-bond acceptors (Lipinski definition) is 3. The van der Waals surface area contributed by atoms with Gasteiger partial charge < -0.3 is 4.74 Å². The molecule has 0 bridgehead atoms. The van der Waals surface area contributed by atoms with Crippen molar-refractivity contribution in [2.24, 2.45) is 0 Å². The predicted octanol–water partition coefficient (Wildman–Crippen LogP) is 4.29. The molecule has 0 aliphatic rings. The van der Waals surface area contributed by atoms with Crippen molar-refractivity contribution in [2.45, 2.75) is 37.7 Å². The van der Waals surface area contributed by atoms with Crippen molar-refractivity contribution in [2.75, 3.05) is 6.61 Å². The van der Waals surface area contributed by atoms with Gasteiger partial charge in [0.2, 0.25) is 0 Å². The summed E-state index contributed by atoms with van der Waals surface area (Å²) in [6.45, 7) is 8.25. The lowest BCUT2D eigenvalue weighted by Gasteiger charge is -2.15. The van der Waals surface area contributed by atoms with Crippen molar-refractivity contribution in [1.82, 2.24) is 14.8 Å². The summed E-state index contributed by atoms with van der Waals surface area (Å²) >= 11 is 9.58. The summed E-state index contributed by atoms with van der Waals surface area (Å²) in [6.07, 6.45) is 3.53. The molecule has 110 valence electrons. The molecular weight excluding hydrogens is 358 g/mol. The van der Waals surface area contributed by atoms with E-state index in [0.29, 0.717) is 17.2 Å². The molecule has 2 aromatic rings. The number of pyridine rings is 1. The number of alkyl halides is 1. The second kappa shape index (κ2) is 6.55. The Morgan fingerprint density at radius 2 is 2.10 bits per heavy atom. The first kappa shape index (κ1) is 15.9. The minimum Gasteiger partial charge on any atom is -0.360 e. The van der Waals surface area contributed by atoms with Gasteiger partial charge in [0.05, 0.1) is 17.1 Å². The topological polar surface area (TPSA) is 39.9 Å². The van der Waals surface area contributed by atoms with E-state index in [2.05, 4.69) is 45.7 Å². The normalized spacial score (nSPS) is 12.2. The third-order valence-electron chi connectivity index (χ3n) is 3.05. The fourth-order valence-electron chi connectivity index (χ4n) is 1.87. The monoisotopic (exact) mass is 375 g/mol. The Balaban J connectivity index is 2.13. The predicted molar refractivity (Wildman–Crippen MR) is 89.3 cm³/mol. The molecule has 0 aromatic carbocycles. The maximum absolute atomic E-state index is 6.11. The third-order valence-corrected chi connectivity index (χ3v) is 5.66. The summed E-state index contributed by atoms with van der Waals surface area (Å²) < 4.78 is 7.61. The van der Waals surface area contributed by atoms with Crippen molar-refractivity contribution in [3.8, 4) is 0 Å². The van der Waals surface area contributed by atoms with Crippen LogP contribution in [0.5, 0.6) is 0 Å². The van der Waals surface area contributed by atoms with Crippen LogP contribution < -0.4 is 0 Å². The Kier molecular flexibility index (Phi) is 5.23. The lowest BCUT2D eigenvalue weighted by molar-refractivity contribution is 0.0816. The zero-order valence-corrected chi connectivity index (χ0v) is 15.3. The second-order valence-electron chi connectivity index (χ2n) is 5.96. The molecule has 0 saturated heterocycles. The average molecular weight is 377 g/mol. The number of hydrogen-bond donors (Lipinski definition) is 0. The molecule has 7 heteroatoms. The highest BCUT2D eigenvalue weighted by atomic mass is 79.9. The quantitative estimate of drug-likeness (QED) is 0.327. The maximum atomic E-state index is 6.11. The Hall–Kier alpha value is -0.433. The summed E-state index contributed by atoms with van der Waals surface area (Å²) in [5, 5.41) is 6.43. The lowest BCUT2D eigenvalue weighted by Crippen LogP contribution is -2.22. The summed E-state index contributed by atoms with van der Waals surface area (Å²) in [5.41, 5.74) is 2.06. The highest BCUT2D eigenvalue weighted by Crippen LogP contribution is 2.25. The fraction of sp³-hybridized carbons (Fsp3) is 0.538. The van der Waals surface area contributed by atoms with Crippen molar-refractivity contribution >= 4 is 46.5 Å². The number of ether oxygens (including phenoxy) is 1. The molecule has 2 heterocycles. The lowest BCUT2D eigenvalue weighted by atomic mass is 10.2. The molecule has 0 amide bonds. The molecular formula is C13H19BrClN3OSi. The number of halogens is 2. The van der Waals surface area contributed by atoms with E-state index in [-0.39, 0.29) is 0 Å². The first-order valence-electron chi connectivity index (χ1n) is 6.55. The average Bonchev–Trinajstić information content (AvgIpc) is 2.79. The van der Waals surface area contributed by atoms with E-state index in [9.17, 15) is 0 Å². The molecule has 0 radical (unpaired) electrons. The van der Waals surface area contributed by atoms with Crippen LogP contribution in [0, 0.1) is 0 Å². The van der Waals surface area contributed by atoms with Crippen LogP contribution >= 0.6 is 27.5 Å². The molecule has 0 fully saturated rings. The van der Waals surface area contributed by atoms with E-state index in [1.54, 1.807) is 12.4 Å². The number of rotatable bonds is 6. The minimum absolute atomic E-state index is 0.453. The SMILES string of the molecule is C[Si](C)(C)CCOCn1ncc2c(Cl)ncc(CBr)c21. The molecule has 4 nitrogen and oxygen atoms in total. The molecule has 0 saturated carbocycles. The molecule has 0 N–H and O–H groups in total. The zero-order valence-electron chi connectivity index (χ0n) is 12.0. The van der Waals surface area contributed by atoms with Crippen LogP contribution in [0.4, 0.5) is 0 Å². The van der Waals surface area contributed by atoms with Gasteiger partial charge in [-0.05, 0) is 6.04 Å². The standard InChI is InChI=1S/C13H19BrClN3OSi/c1-20(2,3)5-4-19-9-18-12-10(6-14)7-16-13(15)11(12)8-17-18/h7-8H,4-6,9H2,1-3H3. The number of nitrogens with zero attached hydrogens (tertiary/aromatic N) is 3. The van der Waals surface area contributed by atoms with Gasteiger partial charge in [-0.15, -0.1) is 0 Å². The van der Waals surface area contributed by atoms with Gasteiger partial charge >= 0.3 is 0 Å². The Morgan fingerprint density at radius 3 is 2.75 bits per heavy atom. The number of fused-ring (bicyclic) bond motifs is 1. The van der Waals surface area contributed by atoms with E-state index in [0.717, 1.165) is 29.1 Å². The summed E-state index contributed by atoms with van der Waals surface area (Å²) in [5.74, 6) is 0. The molecule has 20 heavy (non-hydrogen) atoms.